The van der Waals surface area contributed by atoms with Crippen LogP contribution >= 0.6 is 0 Å². The van der Waals surface area contributed by atoms with Gasteiger partial charge in [-0.3, -0.25) is 4.79 Å². The van der Waals surface area contributed by atoms with E-state index in [1.54, 1.807) is 24.3 Å². The van der Waals surface area contributed by atoms with Crippen LogP contribution in [0.5, 0.6) is 0 Å². The Morgan fingerprint density at radius 3 is 2.38 bits per heavy atom. The lowest BCUT2D eigenvalue weighted by molar-refractivity contribution is -0.115. The molecule has 0 saturated heterocycles. The summed E-state index contributed by atoms with van der Waals surface area (Å²) >= 11 is 0. The van der Waals surface area contributed by atoms with Crippen molar-refractivity contribution in [1.29, 1.82) is 0 Å². The van der Waals surface area contributed by atoms with Crippen molar-refractivity contribution >= 4 is 23.3 Å². The molecular weight excluding hydrogens is 304 g/mol. The van der Waals surface area contributed by atoms with Crippen molar-refractivity contribution in [3.63, 3.8) is 0 Å². The first-order chi connectivity index (χ1) is 11.5. The minimum atomic E-state index is -0.398. The van der Waals surface area contributed by atoms with E-state index in [1.165, 1.54) is 12.7 Å². The molecule has 0 atom stereocenters. The Morgan fingerprint density at radius 2 is 1.75 bits per heavy atom. The molecule has 2 aromatic carbocycles. The average Bonchev–Trinajstić information content (AvgIpc) is 2.57. The monoisotopic (exact) mass is 326 g/mol. The number of amides is 1. The SMILES string of the molecule is COC(=O)c1ccc(NC(=O)CCNc2ccc(C)cc2C)cc1. The van der Waals surface area contributed by atoms with Crippen LogP contribution in [0, 0.1) is 13.8 Å². The minimum absolute atomic E-state index is 0.0851. The first-order valence-electron chi connectivity index (χ1n) is 7.79. The van der Waals surface area contributed by atoms with Gasteiger partial charge in [0, 0.05) is 24.3 Å². The number of carbonyl (C=O) groups excluding carboxylic acids is 2. The number of nitrogens with one attached hydrogen (secondary N) is 2. The van der Waals surface area contributed by atoms with Gasteiger partial charge in [0.15, 0.2) is 0 Å². The molecule has 1 amide bonds. The van der Waals surface area contributed by atoms with E-state index in [-0.39, 0.29) is 5.91 Å². The fraction of sp³-hybridized carbons (Fsp3) is 0.263. The summed E-state index contributed by atoms with van der Waals surface area (Å²) < 4.78 is 4.63. The van der Waals surface area contributed by atoms with Gasteiger partial charge in [-0.25, -0.2) is 4.79 Å². The smallest absolute Gasteiger partial charge is 0.337 e. The second-order valence-corrected chi connectivity index (χ2v) is 5.61. The highest BCUT2D eigenvalue weighted by atomic mass is 16.5. The van der Waals surface area contributed by atoms with E-state index in [1.807, 2.05) is 19.1 Å². The zero-order valence-corrected chi connectivity index (χ0v) is 14.2. The first-order valence-corrected chi connectivity index (χ1v) is 7.79. The van der Waals surface area contributed by atoms with Gasteiger partial charge in [-0.15, -0.1) is 0 Å². The van der Waals surface area contributed by atoms with Gasteiger partial charge in [-0.05, 0) is 49.7 Å². The molecule has 0 radical (unpaired) electrons. The zero-order chi connectivity index (χ0) is 17.5. The summed E-state index contributed by atoms with van der Waals surface area (Å²) in [5, 5.41) is 6.07. The Bertz CT molecular complexity index is 724. The van der Waals surface area contributed by atoms with Gasteiger partial charge in [0.1, 0.15) is 0 Å². The molecule has 0 bridgehead atoms. The van der Waals surface area contributed by atoms with Gasteiger partial charge in [-0.2, -0.15) is 0 Å². The van der Waals surface area contributed by atoms with Crippen molar-refractivity contribution in [3.8, 4) is 0 Å². The lowest BCUT2D eigenvalue weighted by atomic mass is 10.1. The number of rotatable bonds is 6. The van der Waals surface area contributed by atoms with Crippen molar-refractivity contribution in [1.82, 2.24) is 0 Å². The van der Waals surface area contributed by atoms with Crippen molar-refractivity contribution in [2.45, 2.75) is 20.3 Å². The average molecular weight is 326 g/mol. The number of anilines is 2. The third-order valence-corrected chi connectivity index (χ3v) is 3.64. The maximum atomic E-state index is 12.0. The van der Waals surface area contributed by atoms with Crippen LogP contribution in [0.4, 0.5) is 11.4 Å². The standard InChI is InChI=1S/C19H22N2O3/c1-13-4-9-17(14(2)12-13)20-11-10-18(22)21-16-7-5-15(6-8-16)19(23)24-3/h4-9,12,20H,10-11H2,1-3H3,(H,21,22). The Hall–Kier alpha value is -2.82. The molecule has 5 heteroatoms. The molecule has 0 aliphatic carbocycles. The Kier molecular flexibility index (Phi) is 5.95. The molecule has 0 aliphatic heterocycles. The molecule has 0 aromatic heterocycles. The van der Waals surface area contributed by atoms with Crippen LogP contribution in [0.1, 0.15) is 27.9 Å². The van der Waals surface area contributed by atoms with E-state index < -0.39 is 5.97 Å². The lowest BCUT2D eigenvalue weighted by Crippen LogP contribution is -2.16. The van der Waals surface area contributed by atoms with Gasteiger partial charge in [-0.1, -0.05) is 17.7 Å². The number of ether oxygens (including phenoxy) is 1. The van der Waals surface area contributed by atoms with E-state index in [0.717, 1.165) is 11.3 Å². The van der Waals surface area contributed by atoms with Crippen LogP contribution < -0.4 is 10.6 Å². The minimum Gasteiger partial charge on any atom is -0.465 e. The summed E-state index contributed by atoms with van der Waals surface area (Å²) in [7, 11) is 1.33. The van der Waals surface area contributed by atoms with E-state index in [9.17, 15) is 9.59 Å². The van der Waals surface area contributed by atoms with Crippen LogP contribution in [0.3, 0.4) is 0 Å². The number of hydrogen-bond donors (Lipinski definition) is 2. The number of methoxy groups -OCH3 is 1. The summed E-state index contributed by atoms with van der Waals surface area (Å²) in [5.74, 6) is -0.483. The summed E-state index contributed by atoms with van der Waals surface area (Å²) in [6.07, 6.45) is 0.353. The molecule has 5 nitrogen and oxygen atoms in total. The van der Waals surface area contributed by atoms with Gasteiger partial charge < -0.3 is 15.4 Å². The number of benzene rings is 2. The summed E-state index contributed by atoms with van der Waals surface area (Å²) in [5.41, 5.74) is 4.52. The topological polar surface area (TPSA) is 67.4 Å². The summed E-state index contributed by atoms with van der Waals surface area (Å²) in [6, 6.07) is 12.8. The third kappa shape index (κ3) is 4.84. The second-order valence-electron chi connectivity index (χ2n) is 5.61. The Morgan fingerprint density at radius 1 is 1.04 bits per heavy atom. The third-order valence-electron chi connectivity index (χ3n) is 3.64. The van der Waals surface area contributed by atoms with Crippen LogP contribution in [-0.4, -0.2) is 25.5 Å². The van der Waals surface area contributed by atoms with Crippen molar-refractivity contribution in [2.24, 2.45) is 0 Å². The fourth-order valence-electron chi connectivity index (χ4n) is 2.35. The maximum absolute atomic E-state index is 12.0. The van der Waals surface area contributed by atoms with Gasteiger partial charge in [0.2, 0.25) is 5.91 Å². The normalized spacial score (nSPS) is 10.1. The summed E-state index contributed by atoms with van der Waals surface area (Å²) in [6.45, 7) is 4.64. The molecule has 2 aromatic rings. The predicted octanol–water partition coefficient (Wildman–Crippen LogP) is 3.53. The van der Waals surface area contributed by atoms with Crippen molar-refractivity contribution < 1.29 is 14.3 Å². The van der Waals surface area contributed by atoms with Crippen molar-refractivity contribution in [3.05, 3.63) is 59.2 Å². The van der Waals surface area contributed by atoms with E-state index in [2.05, 4.69) is 28.4 Å². The quantitative estimate of drug-likeness (QED) is 0.797. The Balaban J connectivity index is 1.81. The van der Waals surface area contributed by atoms with Gasteiger partial charge in [0.05, 0.1) is 12.7 Å². The molecule has 0 heterocycles. The van der Waals surface area contributed by atoms with E-state index in [4.69, 9.17) is 0 Å². The molecule has 0 saturated carbocycles. The number of esters is 1. The highest BCUT2D eigenvalue weighted by Crippen LogP contribution is 2.16. The molecule has 126 valence electrons. The number of carbonyl (C=O) groups is 2. The van der Waals surface area contributed by atoms with Crippen LogP contribution in [-0.2, 0) is 9.53 Å². The van der Waals surface area contributed by atoms with Crippen LogP contribution in [0.25, 0.3) is 0 Å². The summed E-state index contributed by atoms with van der Waals surface area (Å²) in [4.78, 5) is 23.3. The predicted molar refractivity (Wildman–Crippen MR) is 95.4 cm³/mol. The molecule has 0 unspecified atom stereocenters. The lowest BCUT2D eigenvalue weighted by Gasteiger charge is -2.10. The molecule has 2 N–H and O–H groups in total. The largest absolute Gasteiger partial charge is 0.465 e. The number of aryl methyl sites for hydroxylation is 2. The molecule has 0 aliphatic rings. The van der Waals surface area contributed by atoms with E-state index in [0.29, 0.717) is 24.2 Å². The molecule has 0 fully saturated rings. The van der Waals surface area contributed by atoms with Gasteiger partial charge in [0.25, 0.3) is 0 Å². The number of hydrogen-bond acceptors (Lipinski definition) is 4. The maximum Gasteiger partial charge on any atom is 0.337 e. The van der Waals surface area contributed by atoms with Crippen LogP contribution in [0.2, 0.25) is 0 Å². The van der Waals surface area contributed by atoms with Crippen LogP contribution in [0.15, 0.2) is 42.5 Å². The highest BCUT2D eigenvalue weighted by Gasteiger charge is 2.06. The molecular formula is C19H22N2O3. The highest BCUT2D eigenvalue weighted by molar-refractivity contribution is 5.93. The van der Waals surface area contributed by atoms with Gasteiger partial charge >= 0.3 is 5.97 Å². The van der Waals surface area contributed by atoms with E-state index >= 15 is 0 Å². The second kappa shape index (κ2) is 8.15. The fourth-order valence-corrected chi connectivity index (χ4v) is 2.35. The molecule has 2 rings (SSSR count). The first kappa shape index (κ1) is 17.5. The molecule has 0 spiro atoms. The molecule has 24 heavy (non-hydrogen) atoms. The van der Waals surface area contributed by atoms with Crippen molar-refractivity contribution in [2.75, 3.05) is 24.3 Å². The Labute approximate surface area is 142 Å². The zero-order valence-electron chi connectivity index (χ0n) is 14.2.